The first kappa shape index (κ1) is 18.2. The molecule has 0 aliphatic carbocycles. The Bertz CT molecular complexity index is 892. The highest BCUT2D eigenvalue weighted by Crippen LogP contribution is 2.26. The van der Waals surface area contributed by atoms with Gasteiger partial charge in [0.2, 0.25) is 5.89 Å². The molecule has 1 N–H and O–H groups in total. The van der Waals surface area contributed by atoms with Crippen LogP contribution < -0.4 is 5.32 Å². The molecule has 3 aromatic rings. The maximum Gasteiger partial charge on any atom is 0.321 e. The molecule has 0 atom stereocenters. The van der Waals surface area contributed by atoms with Gasteiger partial charge >= 0.3 is 6.03 Å². The summed E-state index contributed by atoms with van der Waals surface area (Å²) in [6, 6.07) is 19.3. The second kappa shape index (κ2) is 8.67. The van der Waals surface area contributed by atoms with Crippen molar-refractivity contribution in [3.05, 3.63) is 77.9 Å². The van der Waals surface area contributed by atoms with Gasteiger partial charge in [-0.3, -0.25) is 0 Å². The molecular formula is C21H22N4O3. The van der Waals surface area contributed by atoms with E-state index in [1.807, 2.05) is 60.7 Å². The zero-order valence-corrected chi connectivity index (χ0v) is 15.5. The predicted octanol–water partition coefficient (Wildman–Crippen LogP) is 3.46. The van der Waals surface area contributed by atoms with Gasteiger partial charge in [-0.25, -0.2) is 4.79 Å². The SMILES string of the molecule is O=C(Nc1ccccc1)N1CC(c2nc(CCOCc3ccccc3)no2)C1. The molecule has 1 aromatic heterocycles. The Morgan fingerprint density at radius 3 is 2.57 bits per heavy atom. The minimum Gasteiger partial charge on any atom is -0.376 e. The highest BCUT2D eigenvalue weighted by atomic mass is 16.5. The van der Waals surface area contributed by atoms with E-state index in [0.717, 1.165) is 11.3 Å². The number of carbonyl (C=O) groups excluding carboxylic acids is 1. The molecule has 2 heterocycles. The molecule has 0 saturated carbocycles. The predicted molar refractivity (Wildman–Crippen MR) is 104 cm³/mol. The maximum atomic E-state index is 12.2. The van der Waals surface area contributed by atoms with Gasteiger partial charge in [0.05, 0.1) is 19.1 Å². The second-order valence-electron chi connectivity index (χ2n) is 6.74. The summed E-state index contributed by atoms with van der Waals surface area (Å²) in [6.07, 6.45) is 0.598. The van der Waals surface area contributed by atoms with E-state index in [0.29, 0.717) is 44.4 Å². The highest BCUT2D eigenvalue weighted by Gasteiger charge is 2.35. The maximum absolute atomic E-state index is 12.2. The zero-order valence-electron chi connectivity index (χ0n) is 15.5. The Balaban J connectivity index is 1.18. The molecule has 0 unspecified atom stereocenters. The van der Waals surface area contributed by atoms with Crippen molar-refractivity contribution < 1.29 is 14.1 Å². The van der Waals surface area contributed by atoms with Crippen molar-refractivity contribution in [1.29, 1.82) is 0 Å². The van der Waals surface area contributed by atoms with Crippen LogP contribution in [0.3, 0.4) is 0 Å². The number of ether oxygens (including phenoxy) is 1. The number of amides is 2. The van der Waals surface area contributed by atoms with Crippen LogP contribution in [0, 0.1) is 0 Å². The third kappa shape index (κ3) is 4.55. The third-order valence-corrected chi connectivity index (χ3v) is 4.61. The van der Waals surface area contributed by atoms with Gasteiger partial charge in [-0.2, -0.15) is 4.98 Å². The number of nitrogens with one attached hydrogen (secondary N) is 1. The minimum atomic E-state index is -0.114. The molecular weight excluding hydrogens is 356 g/mol. The molecule has 0 bridgehead atoms. The molecule has 1 fully saturated rings. The summed E-state index contributed by atoms with van der Waals surface area (Å²) in [4.78, 5) is 18.4. The van der Waals surface area contributed by atoms with Gasteiger partial charge in [0, 0.05) is 25.2 Å². The smallest absolute Gasteiger partial charge is 0.321 e. The molecule has 2 aromatic carbocycles. The lowest BCUT2D eigenvalue weighted by Crippen LogP contribution is -2.50. The summed E-state index contributed by atoms with van der Waals surface area (Å²) in [6.45, 7) is 2.25. The van der Waals surface area contributed by atoms with Crippen molar-refractivity contribution >= 4 is 11.7 Å². The first-order valence-electron chi connectivity index (χ1n) is 9.33. The number of urea groups is 1. The van der Waals surface area contributed by atoms with Crippen molar-refractivity contribution in [2.45, 2.75) is 18.9 Å². The number of hydrogen-bond acceptors (Lipinski definition) is 5. The number of benzene rings is 2. The summed E-state index contributed by atoms with van der Waals surface area (Å²) < 4.78 is 11.0. The zero-order chi connectivity index (χ0) is 19.2. The van der Waals surface area contributed by atoms with E-state index in [-0.39, 0.29) is 11.9 Å². The highest BCUT2D eigenvalue weighted by molar-refractivity contribution is 5.89. The van der Waals surface area contributed by atoms with Crippen LogP contribution in [0.15, 0.2) is 65.2 Å². The number of nitrogens with zero attached hydrogens (tertiary/aromatic N) is 3. The monoisotopic (exact) mass is 378 g/mol. The number of rotatable bonds is 7. The average molecular weight is 378 g/mol. The van der Waals surface area contributed by atoms with Crippen LogP contribution in [-0.4, -0.2) is 40.8 Å². The molecule has 28 heavy (non-hydrogen) atoms. The van der Waals surface area contributed by atoms with Crippen molar-refractivity contribution in [3.8, 4) is 0 Å². The van der Waals surface area contributed by atoms with E-state index >= 15 is 0 Å². The van der Waals surface area contributed by atoms with E-state index in [4.69, 9.17) is 9.26 Å². The van der Waals surface area contributed by atoms with Crippen molar-refractivity contribution in [2.24, 2.45) is 0 Å². The van der Waals surface area contributed by atoms with E-state index in [9.17, 15) is 4.79 Å². The average Bonchev–Trinajstić information content (AvgIpc) is 3.14. The van der Waals surface area contributed by atoms with Crippen molar-refractivity contribution in [2.75, 3.05) is 25.0 Å². The van der Waals surface area contributed by atoms with Crippen LogP contribution in [0.1, 0.15) is 23.2 Å². The number of aromatic nitrogens is 2. The topological polar surface area (TPSA) is 80.5 Å². The number of likely N-dealkylation sites (tertiary alicyclic amines) is 1. The molecule has 0 radical (unpaired) electrons. The van der Waals surface area contributed by atoms with Gasteiger partial charge in [-0.1, -0.05) is 53.7 Å². The number of carbonyl (C=O) groups is 1. The van der Waals surface area contributed by atoms with Gasteiger partial charge in [-0.15, -0.1) is 0 Å². The Morgan fingerprint density at radius 1 is 1.11 bits per heavy atom. The van der Waals surface area contributed by atoms with E-state index in [2.05, 4.69) is 15.5 Å². The largest absolute Gasteiger partial charge is 0.376 e. The van der Waals surface area contributed by atoms with Gasteiger partial charge in [0.1, 0.15) is 0 Å². The minimum absolute atomic E-state index is 0.0908. The number of para-hydroxylation sites is 1. The van der Waals surface area contributed by atoms with Gasteiger partial charge in [0.25, 0.3) is 0 Å². The molecule has 0 spiro atoms. The van der Waals surface area contributed by atoms with Gasteiger partial charge < -0.3 is 19.5 Å². The molecule has 7 nitrogen and oxygen atoms in total. The lowest BCUT2D eigenvalue weighted by molar-refractivity contribution is 0.122. The Morgan fingerprint density at radius 2 is 1.82 bits per heavy atom. The van der Waals surface area contributed by atoms with Crippen molar-refractivity contribution in [1.82, 2.24) is 15.0 Å². The van der Waals surface area contributed by atoms with Crippen LogP contribution >= 0.6 is 0 Å². The van der Waals surface area contributed by atoms with Gasteiger partial charge in [-0.05, 0) is 17.7 Å². The summed E-state index contributed by atoms with van der Waals surface area (Å²) in [5.74, 6) is 1.31. The quantitative estimate of drug-likeness (QED) is 0.637. The Kier molecular flexibility index (Phi) is 5.63. The fraction of sp³-hybridized carbons (Fsp3) is 0.286. The van der Waals surface area contributed by atoms with E-state index in [1.54, 1.807) is 4.90 Å². The normalized spacial score (nSPS) is 13.9. The van der Waals surface area contributed by atoms with Crippen LogP contribution in [0.2, 0.25) is 0 Å². The molecule has 144 valence electrons. The number of anilines is 1. The van der Waals surface area contributed by atoms with Crippen LogP contribution in [0.4, 0.5) is 10.5 Å². The van der Waals surface area contributed by atoms with Gasteiger partial charge in [0.15, 0.2) is 5.82 Å². The Hall–Kier alpha value is -3.19. The standard InChI is InChI=1S/C21H22N4O3/c26-21(22-18-9-5-2-6-10-18)25-13-17(14-25)20-23-19(24-28-20)11-12-27-15-16-7-3-1-4-8-16/h1-10,17H,11-15H2,(H,22,26). The second-order valence-corrected chi connectivity index (χ2v) is 6.74. The van der Waals surface area contributed by atoms with E-state index in [1.165, 1.54) is 0 Å². The molecule has 1 saturated heterocycles. The molecule has 4 rings (SSSR count). The first-order valence-corrected chi connectivity index (χ1v) is 9.33. The van der Waals surface area contributed by atoms with Crippen LogP contribution in [0.25, 0.3) is 0 Å². The summed E-state index contributed by atoms with van der Waals surface area (Å²) in [7, 11) is 0. The molecule has 1 aliphatic heterocycles. The molecule has 7 heteroatoms. The fourth-order valence-corrected chi connectivity index (χ4v) is 2.99. The molecule has 2 amide bonds. The summed E-state index contributed by atoms with van der Waals surface area (Å²) in [5.41, 5.74) is 1.92. The van der Waals surface area contributed by atoms with Crippen molar-refractivity contribution in [3.63, 3.8) is 0 Å². The van der Waals surface area contributed by atoms with Crippen LogP contribution in [0.5, 0.6) is 0 Å². The third-order valence-electron chi connectivity index (χ3n) is 4.61. The van der Waals surface area contributed by atoms with E-state index < -0.39 is 0 Å². The summed E-state index contributed by atoms with van der Waals surface area (Å²) in [5, 5.41) is 6.89. The fourth-order valence-electron chi connectivity index (χ4n) is 2.99. The van der Waals surface area contributed by atoms with Crippen LogP contribution in [-0.2, 0) is 17.8 Å². The number of hydrogen-bond donors (Lipinski definition) is 1. The lowest BCUT2D eigenvalue weighted by atomic mass is 10.0. The summed E-state index contributed by atoms with van der Waals surface area (Å²) >= 11 is 0. The Labute approximate surface area is 163 Å². The first-order chi connectivity index (χ1) is 13.8. The lowest BCUT2D eigenvalue weighted by Gasteiger charge is -2.36. The molecule has 1 aliphatic rings.